The van der Waals surface area contributed by atoms with Crippen molar-refractivity contribution in [2.75, 3.05) is 51.8 Å². The van der Waals surface area contributed by atoms with Crippen LogP contribution in [0.3, 0.4) is 0 Å². The molecule has 1 atom stereocenters. The summed E-state index contributed by atoms with van der Waals surface area (Å²) in [7, 11) is 0. The average molecular weight is 249 g/mol. The van der Waals surface area contributed by atoms with Crippen molar-refractivity contribution in [3.05, 3.63) is 0 Å². The van der Waals surface area contributed by atoms with Crippen LogP contribution in [-0.4, -0.2) is 67.7 Å². The zero-order valence-electron chi connectivity index (χ0n) is 10.6. The number of alkyl halides is 1. The number of nitrogens with zero attached hydrogens (tertiary/aromatic N) is 2. The van der Waals surface area contributed by atoms with E-state index in [0.717, 1.165) is 32.3 Å². The predicted octanol–water partition coefficient (Wildman–Crippen LogP) is 1.66. The van der Waals surface area contributed by atoms with Gasteiger partial charge < -0.3 is 4.74 Å². The fraction of sp³-hybridized carbons (Fsp3) is 1.00. The van der Waals surface area contributed by atoms with Gasteiger partial charge in [0.25, 0.3) is 0 Å². The molecule has 0 N–H and O–H groups in total. The Hall–Kier alpha value is 0.170. The van der Waals surface area contributed by atoms with E-state index in [-0.39, 0.29) is 0 Å². The van der Waals surface area contributed by atoms with Crippen LogP contribution in [0.25, 0.3) is 0 Å². The van der Waals surface area contributed by atoms with Crippen LogP contribution < -0.4 is 0 Å². The fourth-order valence-electron chi connectivity index (χ4n) is 2.40. The summed E-state index contributed by atoms with van der Waals surface area (Å²) in [5.74, 6) is 0.599. The highest BCUT2D eigenvalue weighted by Crippen LogP contribution is 2.14. The fourth-order valence-corrected chi connectivity index (χ4v) is 2.51. The maximum atomic E-state index is 5.55. The van der Waals surface area contributed by atoms with Gasteiger partial charge in [-0.1, -0.05) is 13.8 Å². The van der Waals surface area contributed by atoms with E-state index in [2.05, 4.69) is 23.6 Å². The van der Waals surface area contributed by atoms with Gasteiger partial charge in [-0.3, -0.25) is 9.80 Å². The molecule has 96 valence electrons. The van der Waals surface area contributed by atoms with E-state index in [0.29, 0.717) is 12.5 Å². The highest BCUT2D eigenvalue weighted by Gasteiger charge is 2.25. The zero-order chi connectivity index (χ0) is 11.8. The van der Waals surface area contributed by atoms with E-state index in [1.807, 2.05) is 0 Å². The zero-order valence-corrected chi connectivity index (χ0v) is 11.4. The molecule has 3 nitrogen and oxygen atoms in total. The van der Waals surface area contributed by atoms with Gasteiger partial charge in [0.2, 0.25) is 0 Å². The molecule has 0 aliphatic carbocycles. The molecule has 0 aromatic carbocycles. The lowest BCUT2D eigenvalue weighted by Crippen LogP contribution is -2.37. The molecule has 1 aliphatic heterocycles. The second kappa shape index (κ2) is 8.29. The van der Waals surface area contributed by atoms with Gasteiger partial charge in [-0.05, 0) is 26.1 Å². The number of halogens is 1. The molecule has 1 heterocycles. The molecule has 1 saturated heterocycles. The number of likely N-dealkylation sites (tertiary alicyclic amines) is 1. The van der Waals surface area contributed by atoms with Crippen LogP contribution in [0.2, 0.25) is 0 Å². The van der Waals surface area contributed by atoms with E-state index in [4.69, 9.17) is 16.3 Å². The first kappa shape index (κ1) is 14.2. The molecule has 1 aliphatic rings. The van der Waals surface area contributed by atoms with Crippen LogP contribution in [-0.2, 0) is 4.74 Å². The van der Waals surface area contributed by atoms with Crippen molar-refractivity contribution in [1.82, 2.24) is 9.80 Å². The summed E-state index contributed by atoms with van der Waals surface area (Å²) in [6, 6.07) is 0.753. The van der Waals surface area contributed by atoms with E-state index >= 15 is 0 Å². The van der Waals surface area contributed by atoms with Gasteiger partial charge >= 0.3 is 0 Å². The minimum Gasteiger partial charge on any atom is -0.379 e. The summed E-state index contributed by atoms with van der Waals surface area (Å²) in [5, 5.41) is 0. The van der Waals surface area contributed by atoms with Crippen LogP contribution in [0, 0.1) is 0 Å². The van der Waals surface area contributed by atoms with Crippen LogP contribution >= 0.6 is 11.6 Å². The molecule has 0 aromatic heterocycles. The Morgan fingerprint density at radius 1 is 1.31 bits per heavy atom. The molecule has 16 heavy (non-hydrogen) atoms. The van der Waals surface area contributed by atoms with Gasteiger partial charge in [0, 0.05) is 25.0 Å². The summed E-state index contributed by atoms with van der Waals surface area (Å²) in [5.41, 5.74) is 0. The summed E-state index contributed by atoms with van der Waals surface area (Å²) >= 11 is 5.55. The standard InChI is InChI=1S/C12H25ClN2O/c1-3-15(4-2)12-5-7-14(11-12)8-10-16-9-6-13/h12H,3-11H2,1-2H3. The van der Waals surface area contributed by atoms with E-state index < -0.39 is 0 Å². The molecule has 0 radical (unpaired) electrons. The number of rotatable bonds is 8. The average Bonchev–Trinajstić information content (AvgIpc) is 2.75. The molecular weight excluding hydrogens is 224 g/mol. The van der Waals surface area contributed by atoms with Gasteiger partial charge in [-0.2, -0.15) is 0 Å². The molecule has 0 aromatic rings. The first-order valence-corrected chi connectivity index (χ1v) is 6.95. The van der Waals surface area contributed by atoms with Crippen LogP contribution in [0.5, 0.6) is 0 Å². The van der Waals surface area contributed by atoms with E-state index in [1.54, 1.807) is 0 Å². The number of hydrogen-bond donors (Lipinski definition) is 0. The summed E-state index contributed by atoms with van der Waals surface area (Å²) in [6.45, 7) is 11.8. The van der Waals surface area contributed by atoms with Crippen molar-refractivity contribution < 1.29 is 4.74 Å². The Morgan fingerprint density at radius 3 is 2.69 bits per heavy atom. The lowest BCUT2D eigenvalue weighted by molar-refractivity contribution is 0.119. The Balaban J connectivity index is 2.14. The highest BCUT2D eigenvalue weighted by molar-refractivity contribution is 6.17. The number of hydrogen-bond acceptors (Lipinski definition) is 3. The van der Waals surface area contributed by atoms with E-state index in [9.17, 15) is 0 Å². The number of ether oxygens (including phenoxy) is 1. The van der Waals surface area contributed by atoms with Crippen molar-refractivity contribution in [2.45, 2.75) is 26.3 Å². The van der Waals surface area contributed by atoms with E-state index in [1.165, 1.54) is 19.5 Å². The molecule has 0 bridgehead atoms. The largest absolute Gasteiger partial charge is 0.379 e. The smallest absolute Gasteiger partial charge is 0.0602 e. The van der Waals surface area contributed by atoms with Crippen molar-refractivity contribution in [1.29, 1.82) is 0 Å². The molecule has 1 fully saturated rings. The second-order valence-corrected chi connectivity index (χ2v) is 4.64. The Kier molecular flexibility index (Phi) is 7.37. The number of likely N-dealkylation sites (N-methyl/N-ethyl adjacent to an activating group) is 1. The first-order valence-electron chi connectivity index (χ1n) is 6.41. The summed E-state index contributed by atoms with van der Waals surface area (Å²) < 4.78 is 5.41. The molecule has 0 spiro atoms. The third kappa shape index (κ3) is 4.58. The van der Waals surface area contributed by atoms with Gasteiger partial charge in [-0.15, -0.1) is 11.6 Å². The molecule has 1 unspecified atom stereocenters. The summed E-state index contributed by atoms with van der Waals surface area (Å²) in [4.78, 5) is 5.05. The summed E-state index contributed by atoms with van der Waals surface area (Å²) in [6.07, 6.45) is 1.30. The van der Waals surface area contributed by atoms with Crippen LogP contribution in [0.1, 0.15) is 20.3 Å². The third-order valence-corrected chi connectivity index (χ3v) is 3.50. The maximum Gasteiger partial charge on any atom is 0.0602 e. The minimum absolute atomic E-state index is 0.599. The highest BCUT2D eigenvalue weighted by atomic mass is 35.5. The quantitative estimate of drug-likeness (QED) is 0.480. The Bertz CT molecular complexity index is 176. The van der Waals surface area contributed by atoms with Gasteiger partial charge in [0.1, 0.15) is 0 Å². The second-order valence-electron chi connectivity index (χ2n) is 4.27. The predicted molar refractivity (Wildman–Crippen MR) is 69.3 cm³/mol. The minimum atomic E-state index is 0.599. The Labute approximate surface area is 105 Å². The lowest BCUT2D eigenvalue weighted by Gasteiger charge is -2.26. The van der Waals surface area contributed by atoms with Gasteiger partial charge in [0.15, 0.2) is 0 Å². The molecule has 1 rings (SSSR count). The van der Waals surface area contributed by atoms with Crippen molar-refractivity contribution >= 4 is 11.6 Å². The van der Waals surface area contributed by atoms with Gasteiger partial charge in [0.05, 0.1) is 13.2 Å². The monoisotopic (exact) mass is 248 g/mol. The third-order valence-electron chi connectivity index (χ3n) is 3.35. The molecule has 0 amide bonds. The van der Waals surface area contributed by atoms with Gasteiger partial charge in [-0.25, -0.2) is 0 Å². The maximum absolute atomic E-state index is 5.55. The lowest BCUT2D eigenvalue weighted by atomic mass is 10.2. The molecular formula is C12H25ClN2O. The molecule has 4 heteroatoms. The SMILES string of the molecule is CCN(CC)C1CCN(CCOCCCl)C1. The van der Waals surface area contributed by atoms with Crippen molar-refractivity contribution in [2.24, 2.45) is 0 Å². The van der Waals surface area contributed by atoms with Crippen LogP contribution in [0.4, 0.5) is 0 Å². The normalized spacial score (nSPS) is 22.1. The van der Waals surface area contributed by atoms with Crippen molar-refractivity contribution in [3.63, 3.8) is 0 Å². The topological polar surface area (TPSA) is 15.7 Å². The van der Waals surface area contributed by atoms with Crippen LogP contribution in [0.15, 0.2) is 0 Å². The molecule has 0 saturated carbocycles. The van der Waals surface area contributed by atoms with Crippen molar-refractivity contribution in [3.8, 4) is 0 Å². The first-order chi connectivity index (χ1) is 7.81. The Morgan fingerprint density at radius 2 is 2.06 bits per heavy atom.